The molecule has 2 N–H and O–H groups in total. The molecular formula is C19H20F3N5O3S2. The summed E-state index contributed by atoms with van der Waals surface area (Å²) in [7, 11) is 0. The average molecular weight is 488 g/mol. The number of aromatic nitrogens is 3. The molecule has 1 amide bonds. The Morgan fingerprint density at radius 3 is 2.72 bits per heavy atom. The number of hydrogen-bond donors (Lipinski definition) is 2. The Bertz CT molecular complexity index is 1010. The van der Waals surface area contributed by atoms with Crippen LogP contribution in [0.15, 0.2) is 40.7 Å². The molecule has 32 heavy (non-hydrogen) atoms. The number of carboxylic acids is 1. The first-order valence-corrected chi connectivity index (χ1v) is 11.3. The van der Waals surface area contributed by atoms with Crippen LogP contribution >= 0.6 is 22.7 Å². The van der Waals surface area contributed by atoms with Gasteiger partial charge in [-0.3, -0.25) is 14.4 Å². The molecule has 0 bridgehead atoms. The third-order valence-corrected chi connectivity index (χ3v) is 6.03. The summed E-state index contributed by atoms with van der Waals surface area (Å²) in [5.41, 5.74) is 3.40. The van der Waals surface area contributed by atoms with Crippen molar-refractivity contribution in [3.63, 3.8) is 0 Å². The number of rotatable bonds is 6. The van der Waals surface area contributed by atoms with Crippen molar-refractivity contribution in [3.8, 4) is 0 Å². The highest BCUT2D eigenvalue weighted by molar-refractivity contribution is 7.09. The van der Waals surface area contributed by atoms with Gasteiger partial charge in [0.2, 0.25) is 0 Å². The van der Waals surface area contributed by atoms with Crippen molar-refractivity contribution in [2.24, 2.45) is 0 Å². The Morgan fingerprint density at radius 2 is 2.09 bits per heavy atom. The lowest BCUT2D eigenvalue weighted by atomic mass is 10.1. The number of amides is 1. The molecule has 1 atom stereocenters. The summed E-state index contributed by atoms with van der Waals surface area (Å²) in [6.45, 7) is 3.44. The van der Waals surface area contributed by atoms with Gasteiger partial charge in [0.05, 0.1) is 17.2 Å². The van der Waals surface area contributed by atoms with Gasteiger partial charge in [0, 0.05) is 42.6 Å². The molecule has 0 radical (unpaired) electrons. The summed E-state index contributed by atoms with van der Waals surface area (Å²) in [5.74, 6) is -2.86. The van der Waals surface area contributed by atoms with Crippen LogP contribution in [0.4, 0.5) is 13.2 Å². The Hall–Kier alpha value is -2.77. The molecule has 3 aromatic heterocycles. The minimum Gasteiger partial charge on any atom is -0.475 e. The number of thiophene rings is 1. The molecule has 172 valence electrons. The Labute approximate surface area is 189 Å². The quantitative estimate of drug-likeness (QED) is 0.553. The van der Waals surface area contributed by atoms with Crippen LogP contribution in [0.5, 0.6) is 0 Å². The van der Waals surface area contributed by atoms with Crippen molar-refractivity contribution < 1.29 is 27.9 Å². The molecule has 0 aromatic carbocycles. The molecule has 0 fully saturated rings. The SMILES string of the molecule is O=C(NCCC1CN(Cc2cccs2)Cc2ccnn21)c1cscn1.O=C(O)C(F)(F)F. The smallest absolute Gasteiger partial charge is 0.475 e. The standard InChI is InChI=1S/C17H19N5OS2.C2HF3O2/c23-17(16-11-24-12-19-16)18-5-3-13-8-21(10-15-2-1-7-25-15)9-14-4-6-20-22(13)14;3-2(4,5)1(6)7/h1-2,4,6-7,11-13H,3,5,8-10H2,(H,18,23);(H,6,7). The molecule has 0 saturated heterocycles. The number of alkyl halides is 3. The number of fused-ring (bicyclic) bond motifs is 1. The van der Waals surface area contributed by atoms with E-state index in [1.54, 1.807) is 22.2 Å². The highest BCUT2D eigenvalue weighted by atomic mass is 32.1. The fourth-order valence-corrected chi connectivity index (χ4v) is 4.47. The van der Waals surface area contributed by atoms with E-state index in [4.69, 9.17) is 9.90 Å². The van der Waals surface area contributed by atoms with Gasteiger partial charge in [0.1, 0.15) is 5.69 Å². The lowest BCUT2D eigenvalue weighted by molar-refractivity contribution is -0.192. The zero-order chi connectivity index (χ0) is 23.1. The van der Waals surface area contributed by atoms with E-state index in [2.05, 4.69) is 48.6 Å². The van der Waals surface area contributed by atoms with E-state index in [1.807, 2.05) is 6.20 Å². The van der Waals surface area contributed by atoms with Gasteiger partial charge in [-0.1, -0.05) is 6.07 Å². The predicted octanol–water partition coefficient (Wildman–Crippen LogP) is 3.41. The van der Waals surface area contributed by atoms with Crippen LogP contribution in [0.2, 0.25) is 0 Å². The molecule has 0 saturated carbocycles. The molecule has 0 aliphatic carbocycles. The molecule has 0 spiro atoms. The van der Waals surface area contributed by atoms with Crippen LogP contribution in [0.25, 0.3) is 0 Å². The van der Waals surface area contributed by atoms with Gasteiger partial charge in [-0.05, 0) is 23.9 Å². The van der Waals surface area contributed by atoms with Crippen molar-refractivity contribution in [2.45, 2.75) is 31.7 Å². The third kappa shape index (κ3) is 6.61. The van der Waals surface area contributed by atoms with Gasteiger partial charge in [-0.2, -0.15) is 18.3 Å². The number of carbonyl (C=O) groups excluding carboxylic acids is 1. The number of carbonyl (C=O) groups is 2. The van der Waals surface area contributed by atoms with E-state index in [0.717, 1.165) is 26.1 Å². The predicted molar refractivity (Wildman–Crippen MR) is 112 cm³/mol. The summed E-state index contributed by atoms with van der Waals surface area (Å²) < 4.78 is 33.8. The van der Waals surface area contributed by atoms with E-state index < -0.39 is 12.1 Å². The molecule has 4 heterocycles. The molecule has 1 aliphatic heterocycles. The zero-order valence-electron chi connectivity index (χ0n) is 16.7. The number of hydrogen-bond acceptors (Lipinski definition) is 7. The van der Waals surface area contributed by atoms with Crippen LogP contribution in [-0.4, -0.2) is 55.9 Å². The lowest BCUT2D eigenvalue weighted by Crippen LogP contribution is -2.38. The first-order chi connectivity index (χ1) is 15.2. The van der Waals surface area contributed by atoms with Crippen molar-refractivity contribution in [1.29, 1.82) is 0 Å². The highest BCUT2D eigenvalue weighted by Gasteiger charge is 2.38. The van der Waals surface area contributed by atoms with Gasteiger partial charge < -0.3 is 10.4 Å². The molecular weight excluding hydrogens is 467 g/mol. The summed E-state index contributed by atoms with van der Waals surface area (Å²) in [4.78, 5) is 28.8. The van der Waals surface area contributed by atoms with E-state index in [-0.39, 0.29) is 11.9 Å². The number of thiazole rings is 1. The van der Waals surface area contributed by atoms with Gasteiger partial charge >= 0.3 is 12.1 Å². The van der Waals surface area contributed by atoms with Crippen molar-refractivity contribution in [1.82, 2.24) is 25.0 Å². The average Bonchev–Trinajstić information content (AvgIpc) is 3.50. The van der Waals surface area contributed by atoms with Gasteiger partial charge in [0.15, 0.2) is 0 Å². The fourth-order valence-electron chi connectivity index (χ4n) is 3.19. The summed E-state index contributed by atoms with van der Waals surface area (Å²) in [6.07, 6.45) is -2.36. The Morgan fingerprint density at radius 1 is 1.31 bits per heavy atom. The second-order valence-electron chi connectivity index (χ2n) is 6.89. The number of carboxylic acid groups (broad SMARTS) is 1. The zero-order valence-corrected chi connectivity index (χ0v) is 18.3. The number of nitrogens with one attached hydrogen (secondary N) is 1. The number of aliphatic carboxylic acids is 1. The first-order valence-electron chi connectivity index (χ1n) is 9.47. The van der Waals surface area contributed by atoms with Crippen LogP contribution < -0.4 is 5.32 Å². The minimum absolute atomic E-state index is 0.104. The second kappa shape index (κ2) is 10.7. The van der Waals surface area contributed by atoms with E-state index in [1.165, 1.54) is 21.9 Å². The maximum Gasteiger partial charge on any atom is 0.490 e. The van der Waals surface area contributed by atoms with Gasteiger partial charge in [-0.25, -0.2) is 9.78 Å². The molecule has 13 heteroatoms. The van der Waals surface area contributed by atoms with Crippen LogP contribution in [0.1, 0.15) is 33.5 Å². The molecule has 1 unspecified atom stereocenters. The molecule has 8 nitrogen and oxygen atoms in total. The van der Waals surface area contributed by atoms with E-state index >= 15 is 0 Å². The first kappa shape index (κ1) is 23.9. The van der Waals surface area contributed by atoms with Crippen LogP contribution in [-0.2, 0) is 17.9 Å². The van der Waals surface area contributed by atoms with Gasteiger partial charge in [0.25, 0.3) is 5.91 Å². The maximum atomic E-state index is 12.0. The molecule has 1 aliphatic rings. The Balaban J connectivity index is 0.000000360. The van der Waals surface area contributed by atoms with Gasteiger partial charge in [-0.15, -0.1) is 22.7 Å². The monoisotopic (exact) mass is 487 g/mol. The minimum atomic E-state index is -5.08. The van der Waals surface area contributed by atoms with Crippen molar-refractivity contribution in [2.75, 3.05) is 13.1 Å². The molecule has 3 aromatic rings. The number of nitrogens with zero attached hydrogens (tertiary/aromatic N) is 4. The summed E-state index contributed by atoms with van der Waals surface area (Å²) in [5, 5.41) is 18.5. The van der Waals surface area contributed by atoms with Crippen LogP contribution in [0.3, 0.4) is 0 Å². The largest absolute Gasteiger partial charge is 0.490 e. The maximum absolute atomic E-state index is 12.0. The second-order valence-corrected chi connectivity index (χ2v) is 8.64. The van der Waals surface area contributed by atoms with E-state index in [0.29, 0.717) is 12.2 Å². The third-order valence-electron chi connectivity index (χ3n) is 4.58. The van der Waals surface area contributed by atoms with Crippen molar-refractivity contribution >= 4 is 34.6 Å². The summed E-state index contributed by atoms with van der Waals surface area (Å²) in [6, 6.07) is 6.63. The number of halogens is 3. The molecule has 4 rings (SSSR count). The normalized spacial score (nSPS) is 16.0. The topological polar surface area (TPSA) is 100 Å². The van der Waals surface area contributed by atoms with Crippen LogP contribution in [0, 0.1) is 0 Å². The Kier molecular flexibility index (Phi) is 7.99. The lowest BCUT2D eigenvalue weighted by Gasteiger charge is -2.33. The van der Waals surface area contributed by atoms with E-state index in [9.17, 15) is 18.0 Å². The summed E-state index contributed by atoms with van der Waals surface area (Å²) >= 11 is 3.23. The highest BCUT2D eigenvalue weighted by Crippen LogP contribution is 2.25. The van der Waals surface area contributed by atoms with Crippen molar-refractivity contribution in [3.05, 3.63) is 56.9 Å². The fraction of sp³-hybridized carbons (Fsp3) is 0.368.